The third kappa shape index (κ3) is 3.66. The zero-order valence-corrected chi connectivity index (χ0v) is 20.7. The van der Waals surface area contributed by atoms with Gasteiger partial charge >= 0.3 is 0 Å². The molecule has 30 heavy (non-hydrogen) atoms. The van der Waals surface area contributed by atoms with E-state index in [1.165, 1.54) is 44.9 Å². The van der Waals surface area contributed by atoms with Crippen LogP contribution in [0.25, 0.3) is 0 Å². The molecule has 0 aliphatic heterocycles. The lowest BCUT2D eigenvalue weighted by molar-refractivity contribution is -0.0414. The molecule has 9 atom stereocenters. The number of rotatable bonds is 5. The van der Waals surface area contributed by atoms with Gasteiger partial charge in [0.05, 0.1) is 6.10 Å². The van der Waals surface area contributed by atoms with E-state index in [4.69, 9.17) is 0 Å². The number of hydrogen-bond donors (Lipinski definition) is 1. The molecule has 0 spiro atoms. The highest BCUT2D eigenvalue weighted by Gasteiger charge is 2.57. The maximum Gasteiger partial charge on any atom is 0.0543 e. The topological polar surface area (TPSA) is 20.2 Å². The summed E-state index contributed by atoms with van der Waals surface area (Å²) in [4.78, 5) is 0. The van der Waals surface area contributed by atoms with Gasteiger partial charge in [0.15, 0.2) is 0 Å². The summed E-state index contributed by atoms with van der Waals surface area (Å²) in [6, 6.07) is 0. The second-order valence-electron chi connectivity index (χ2n) is 12.5. The van der Waals surface area contributed by atoms with Gasteiger partial charge < -0.3 is 5.11 Å². The fraction of sp³-hybridized carbons (Fsp3) is 0.862. The van der Waals surface area contributed by atoms with Gasteiger partial charge in [-0.2, -0.15) is 0 Å². The van der Waals surface area contributed by atoms with Crippen molar-refractivity contribution in [1.29, 1.82) is 0 Å². The Labute approximate surface area is 186 Å². The molecule has 1 N–H and O–H groups in total. The van der Waals surface area contributed by atoms with Gasteiger partial charge in [0.2, 0.25) is 0 Å². The van der Waals surface area contributed by atoms with Crippen molar-refractivity contribution in [2.45, 2.75) is 105 Å². The van der Waals surface area contributed by atoms with Crippen LogP contribution in [0.15, 0.2) is 23.8 Å². The quantitative estimate of drug-likeness (QED) is 0.457. The largest absolute Gasteiger partial charge is 0.393 e. The van der Waals surface area contributed by atoms with Crippen molar-refractivity contribution in [3.63, 3.8) is 0 Å². The molecule has 170 valence electrons. The Morgan fingerprint density at radius 3 is 2.40 bits per heavy atom. The molecule has 0 aromatic rings. The molecule has 3 saturated carbocycles. The van der Waals surface area contributed by atoms with Gasteiger partial charge in [0.1, 0.15) is 0 Å². The standard InChI is InChI=1S/C29H48O/c1-7-21(19(2)3)9-8-20(4)25-12-13-26-24-11-10-22-18-23(30)14-16-28(22,5)27(24)15-17-29(25,26)6/h8-9,11,19-23,25-27,30H,7,10,12-18H2,1-6H3/t20-,21-,22-,23-,25+,26-,27-,28-,29+/m0/s1. The predicted molar refractivity (Wildman–Crippen MR) is 128 cm³/mol. The van der Waals surface area contributed by atoms with Crippen molar-refractivity contribution in [3.05, 3.63) is 23.8 Å². The first kappa shape index (κ1) is 22.6. The second kappa shape index (κ2) is 8.42. The monoisotopic (exact) mass is 412 g/mol. The zero-order chi connectivity index (χ0) is 21.7. The molecule has 3 fully saturated rings. The molecule has 1 nitrogen and oxygen atoms in total. The van der Waals surface area contributed by atoms with Crippen LogP contribution in [0.1, 0.15) is 99.3 Å². The van der Waals surface area contributed by atoms with Crippen LogP contribution < -0.4 is 0 Å². The maximum atomic E-state index is 10.3. The minimum Gasteiger partial charge on any atom is -0.393 e. The normalized spacial score (nSPS) is 45.6. The Balaban J connectivity index is 1.53. The van der Waals surface area contributed by atoms with Gasteiger partial charge in [-0.05, 0) is 110 Å². The van der Waals surface area contributed by atoms with Gasteiger partial charge in [0, 0.05) is 0 Å². The summed E-state index contributed by atoms with van der Waals surface area (Å²) >= 11 is 0. The molecule has 4 rings (SSSR count). The van der Waals surface area contributed by atoms with Gasteiger partial charge in [0.25, 0.3) is 0 Å². The third-order valence-corrected chi connectivity index (χ3v) is 10.7. The van der Waals surface area contributed by atoms with Crippen LogP contribution in [0.4, 0.5) is 0 Å². The summed E-state index contributed by atoms with van der Waals surface area (Å²) in [7, 11) is 0. The SMILES string of the molecule is CC[C@@H](C=C[C@H](C)[C@H]1CC[C@H]2C3=CC[C@H]4C[C@@H](O)CC[C@]4(C)[C@H]3CC[C@]12C)C(C)C. The second-order valence-corrected chi connectivity index (χ2v) is 12.5. The molecule has 0 amide bonds. The predicted octanol–water partition coefficient (Wildman–Crippen LogP) is 7.80. The van der Waals surface area contributed by atoms with E-state index < -0.39 is 0 Å². The van der Waals surface area contributed by atoms with Crippen LogP contribution in [0.3, 0.4) is 0 Å². The number of aliphatic hydroxyl groups is 1. The van der Waals surface area contributed by atoms with E-state index in [1.807, 2.05) is 5.57 Å². The van der Waals surface area contributed by atoms with Crippen LogP contribution in [0.5, 0.6) is 0 Å². The van der Waals surface area contributed by atoms with Gasteiger partial charge in [-0.25, -0.2) is 0 Å². The van der Waals surface area contributed by atoms with Crippen LogP contribution in [-0.2, 0) is 0 Å². The van der Waals surface area contributed by atoms with Crippen LogP contribution in [-0.4, -0.2) is 11.2 Å². The molecular weight excluding hydrogens is 364 g/mol. The van der Waals surface area contributed by atoms with Gasteiger partial charge in [-0.1, -0.05) is 65.3 Å². The fourth-order valence-electron chi connectivity index (χ4n) is 8.68. The van der Waals surface area contributed by atoms with Crippen molar-refractivity contribution in [2.75, 3.05) is 0 Å². The lowest BCUT2D eigenvalue weighted by Gasteiger charge is -2.57. The molecular formula is C29H48O. The lowest BCUT2D eigenvalue weighted by atomic mass is 9.47. The highest BCUT2D eigenvalue weighted by Crippen LogP contribution is 2.66. The lowest BCUT2D eigenvalue weighted by Crippen LogP contribution is -2.49. The molecule has 4 aliphatic carbocycles. The molecule has 0 aromatic carbocycles. The summed E-state index contributed by atoms with van der Waals surface area (Å²) in [5, 5.41) is 10.3. The smallest absolute Gasteiger partial charge is 0.0543 e. The number of hydrogen-bond acceptors (Lipinski definition) is 1. The Morgan fingerprint density at radius 1 is 1.00 bits per heavy atom. The van der Waals surface area contributed by atoms with E-state index in [0.717, 1.165) is 42.4 Å². The van der Waals surface area contributed by atoms with E-state index in [1.54, 1.807) is 0 Å². The highest BCUT2D eigenvalue weighted by atomic mass is 16.3. The van der Waals surface area contributed by atoms with E-state index in [0.29, 0.717) is 22.7 Å². The van der Waals surface area contributed by atoms with Crippen LogP contribution in [0.2, 0.25) is 0 Å². The Bertz CT molecular complexity index is 674. The van der Waals surface area contributed by atoms with E-state index in [9.17, 15) is 5.11 Å². The van der Waals surface area contributed by atoms with Crippen LogP contribution in [0, 0.1) is 52.3 Å². The van der Waals surface area contributed by atoms with Gasteiger partial charge in [-0.3, -0.25) is 0 Å². The Kier molecular flexibility index (Phi) is 6.35. The zero-order valence-electron chi connectivity index (χ0n) is 20.7. The van der Waals surface area contributed by atoms with Crippen molar-refractivity contribution in [1.82, 2.24) is 0 Å². The Morgan fingerprint density at radius 2 is 1.70 bits per heavy atom. The molecule has 0 bridgehead atoms. The average Bonchev–Trinajstić information content (AvgIpc) is 3.06. The first-order valence-corrected chi connectivity index (χ1v) is 13.3. The summed E-state index contributed by atoms with van der Waals surface area (Å²) in [6.45, 7) is 14.8. The molecule has 0 radical (unpaired) electrons. The minimum absolute atomic E-state index is 0.0480. The van der Waals surface area contributed by atoms with Gasteiger partial charge in [-0.15, -0.1) is 0 Å². The van der Waals surface area contributed by atoms with Crippen molar-refractivity contribution in [2.24, 2.45) is 52.3 Å². The maximum absolute atomic E-state index is 10.3. The minimum atomic E-state index is -0.0480. The summed E-state index contributed by atoms with van der Waals surface area (Å²) < 4.78 is 0. The third-order valence-electron chi connectivity index (χ3n) is 10.7. The number of fused-ring (bicyclic) bond motifs is 5. The average molecular weight is 413 g/mol. The molecule has 0 unspecified atom stereocenters. The number of allylic oxidation sites excluding steroid dienone is 4. The molecule has 0 saturated heterocycles. The molecule has 1 heteroatoms. The summed E-state index contributed by atoms with van der Waals surface area (Å²) in [5.74, 6) is 5.32. The Hall–Kier alpha value is -0.560. The summed E-state index contributed by atoms with van der Waals surface area (Å²) in [5.41, 5.74) is 2.79. The molecule has 0 aromatic heterocycles. The first-order chi connectivity index (χ1) is 14.2. The molecule has 4 aliphatic rings. The van der Waals surface area contributed by atoms with E-state index in [2.05, 4.69) is 59.8 Å². The summed E-state index contributed by atoms with van der Waals surface area (Å²) in [6.07, 6.45) is 19.2. The first-order valence-electron chi connectivity index (χ1n) is 13.3. The van der Waals surface area contributed by atoms with Crippen molar-refractivity contribution >= 4 is 0 Å². The molecule has 0 heterocycles. The fourth-order valence-corrected chi connectivity index (χ4v) is 8.68. The van der Waals surface area contributed by atoms with Crippen molar-refractivity contribution in [3.8, 4) is 0 Å². The number of aliphatic hydroxyl groups excluding tert-OH is 1. The van der Waals surface area contributed by atoms with E-state index >= 15 is 0 Å². The van der Waals surface area contributed by atoms with Crippen molar-refractivity contribution < 1.29 is 5.11 Å². The van der Waals surface area contributed by atoms with E-state index in [-0.39, 0.29) is 6.10 Å². The highest BCUT2D eigenvalue weighted by molar-refractivity contribution is 5.28. The van der Waals surface area contributed by atoms with Crippen LogP contribution >= 0.6 is 0 Å².